The molecule has 2 amide bonds. The summed E-state index contributed by atoms with van der Waals surface area (Å²) in [5.74, 6) is -2.81. The molecule has 0 radical (unpaired) electrons. The Hall–Kier alpha value is -2.71. The van der Waals surface area contributed by atoms with E-state index in [1.165, 1.54) is 4.90 Å². The topological polar surface area (TPSA) is 96.4 Å². The highest BCUT2D eigenvalue weighted by atomic mass is 16.6. The van der Waals surface area contributed by atoms with Crippen LogP contribution >= 0.6 is 0 Å². The zero-order chi connectivity index (χ0) is 27.1. The van der Waals surface area contributed by atoms with Gasteiger partial charge in [-0.1, -0.05) is 43.3 Å². The molecular weight excluding hydrogens is 472 g/mol. The molecule has 0 aliphatic carbocycles. The number of hydrogen-bond acceptors (Lipinski definition) is 6. The maximum Gasteiger partial charge on any atom is 0.312 e. The molecule has 202 valence electrons. The average Bonchev–Trinajstić information content (AvgIpc) is 3.38. The van der Waals surface area contributed by atoms with Crippen LogP contribution in [0, 0.1) is 17.8 Å². The number of hydrogen-bond donors (Lipinski definition) is 1. The van der Waals surface area contributed by atoms with E-state index in [9.17, 15) is 19.5 Å². The Morgan fingerprint density at radius 3 is 2.57 bits per heavy atom. The van der Waals surface area contributed by atoms with E-state index in [0.29, 0.717) is 19.4 Å². The van der Waals surface area contributed by atoms with Crippen LogP contribution in [0.2, 0.25) is 0 Å². The summed E-state index contributed by atoms with van der Waals surface area (Å²) in [6.07, 6.45) is 2.50. The van der Waals surface area contributed by atoms with Gasteiger partial charge in [-0.15, -0.1) is 6.58 Å². The molecule has 3 aliphatic heterocycles. The van der Waals surface area contributed by atoms with Gasteiger partial charge in [0.05, 0.1) is 30.8 Å². The SMILES string of the molecule is C=CCN(C(=O)C1N([C@@H](CO)Cc2ccccc2)C(=O)[C@@H]2[C@@H](C(=O)OCC)[C@]3(C)OC12CC3C)C(C)C. The van der Waals surface area contributed by atoms with Crippen LogP contribution < -0.4 is 0 Å². The van der Waals surface area contributed by atoms with Crippen molar-refractivity contribution >= 4 is 17.8 Å². The Bertz CT molecular complexity index is 1040. The molecule has 4 rings (SSSR count). The Kier molecular flexibility index (Phi) is 7.55. The first-order chi connectivity index (χ1) is 17.6. The summed E-state index contributed by atoms with van der Waals surface area (Å²) < 4.78 is 12.2. The molecule has 1 aromatic carbocycles. The van der Waals surface area contributed by atoms with E-state index in [4.69, 9.17) is 9.47 Å². The van der Waals surface area contributed by atoms with Crippen molar-refractivity contribution in [3.63, 3.8) is 0 Å². The Morgan fingerprint density at radius 1 is 1.32 bits per heavy atom. The van der Waals surface area contributed by atoms with Crippen LogP contribution in [0.5, 0.6) is 0 Å². The smallest absolute Gasteiger partial charge is 0.312 e. The fraction of sp³-hybridized carbons (Fsp3) is 0.621. The van der Waals surface area contributed by atoms with Gasteiger partial charge < -0.3 is 24.4 Å². The molecule has 1 spiro atoms. The number of amides is 2. The van der Waals surface area contributed by atoms with E-state index in [1.807, 2.05) is 58.0 Å². The zero-order valence-corrected chi connectivity index (χ0v) is 22.6. The Morgan fingerprint density at radius 2 is 2.00 bits per heavy atom. The maximum atomic E-state index is 14.4. The van der Waals surface area contributed by atoms with E-state index in [0.717, 1.165) is 5.56 Å². The highest BCUT2D eigenvalue weighted by molar-refractivity contribution is 5.99. The molecule has 2 bridgehead atoms. The number of ether oxygens (including phenoxy) is 2. The molecule has 3 saturated heterocycles. The van der Waals surface area contributed by atoms with Crippen molar-refractivity contribution in [2.75, 3.05) is 19.8 Å². The molecule has 1 N–H and O–H groups in total. The standard InChI is InChI=1S/C29H40N2O6/c1-7-14-30(18(3)4)26(34)24-29-16-19(5)28(6,37-29)23(27(35)36-8-2)22(29)25(33)31(24)21(17-32)15-20-12-10-9-11-13-20/h7,9-13,18-19,21-24,32H,1,8,14-17H2,2-6H3/t19?,21-,22+,23+,24?,28-,29?/m1/s1. The minimum Gasteiger partial charge on any atom is -0.466 e. The van der Waals surface area contributed by atoms with Crippen LogP contribution in [0.4, 0.5) is 0 Å². The second-order valence-electron chi connectivity index (χ2n) is 11.1. The number of carbonyl (C=O) groups excluding carboxylic acids is 3. The highest BCUT2D eigenvalue weighted by Gasteiger charge is 2.80. The molecule has 7 atom stereocenters. The van der Waals surface area contributed by atoms with Gasteiger partial charge in [0.25, 0.3) is 0 Å². The lowest BCUT2D eigenvalue weighted by Gasteiger charge is -2.40. The van der Waals surface area contributed by atoms with Crippen molar-refractivity contribution < 1.29 is 29.0 Å². The number of aliphatic hydroxyl groups excluding tert-OH is 1. The summed E-state index contributed by atoms with van der Waals surface area (Å²) >= 11 is 0. The number of aliphatic hydroxyl groups is 1. The third-order valence-corrected chi connectivity index (χ3v) is 8.68. The molecular formula is C29H40N2O6. The molecule has 3 heterocycles. The van der Waals surface area contributed by atoms with Gasteiger partial charge in [-0.05, 0) is 52.0 Å². The van der Waals surface area contributed by atoms with Crippen LogP contribution in [0.1, 0.15) is 46.6 Å². The van der Waals surface area contributed by atoms with Crippen molar-refractivity contribution in [1.29, 1.82) is 0 Å². The number of likely N-dealkylation sites (tertiary alicyclic amines) is 1. The predicted octanol–water partition coefficient (Wildman–Crippen LogP) is 2.59. The molecule has 0 saturated carbocycles. The minimum absolute atomic E-state index is 0.0742. The Labute approximate surface area is 219 Å². The van der Waals surface area contributed by atoms with Gasteiger partial charge in [0.15, 0.2) is 0 Å². The van der Waals surface area contributed by atoms with Crippen LogP contribution in [0.3, 0.4) is 0 Å². The third kappa shape index (κ3) is 4.18. The number of rotatable bonds is 10. The summed E-state index contributed by atoms with van der Waals surface area (Å²) in [6.45, 7) is 13.4. The zero-order valence-electron chi connectivity index (χ0n) is 22.6. The van der Waals surface area contributed by atoms with E-state index in [1.54, 1.807) is 17.9 Å². The highest BCUT2D eigenvalue weighted by Crippen LogP contribution is 2.65. The first-order valence-corrected chi connectivity index (χ1v) is 13.3. The first kappa shape index (κ1) is 27.3. The fourth-order valence-electron chi connectivity index (χ4n) is 6.93. The first-order valence-electron chi connectivity index (χ1n) is 13.3. The normalized spacial score (nSPS) is 32.9. The molecule has 8 nitrogen and oxygen atoms in total. The lowest BCUT2D eigenvalue weighted by atomic mass is 9.62. The quantitative estimate of drug-likeness (QED) is 0.382. The molecule has 8 heteroatoms. The van der Waals surface area contributed by atoms with E-state index < -0.39 is 41.1 Å². The summed E-state index contributed by atoms with van der Waals surface area (Å²) in [5, 5.41) is 10.5. The largest absolute Gasteiger partial charge is 0.466 e. The van der Waals surface area contributed by atoms with Gasteiger partial charge in [0.1, 0.15) is 17.6 Å². The van der Waals surface area contributed by atoms with Gasteiger partial charge in [-0.3, -0.25) is 14.4 Å². The van der Waals surface area contributed by atoms with E-state index in [-0.39, 0.29) is 37.0 Å². The fourth-order valence-corrected chi connectivity index (χ4v) is 6.93. The number of carbonyl (C=O) groups is 3. The Balaban J connectivity index is 1.85. The summed E-state index contributed by atoms with van der Waals surface area (Å²) in [7, 11) is 0. The van der Waals surface area contributed by atoms with Crippen molar-refractivity contribution in [2.24, 2.45) is 17.8 Å². The van der Waals surface area contributed by atoms with E-state index in [2.05, 4.69) is 6.58 Å². The number of esters is 1. The van der Waals surface area contributed by atoms with Crippen LogP contribution in [-0.2, 0) is 30.3 Å². The second-order valence-corrected chi connectivity index (χ2v) is 11.1. The van der Waals surface area contributed by atoms with Gasteiger partial charge in [-0.2, -0.15) is 0 Å². The predicted molar refractivity (Wildman–Crippen MR) is 138 cm³/mol. The number of benzene rings is 1. The summed E-state index contributed by atoms with van der Waals surface area (Å²) in [4.78, 5) is 45.2. The van der Waals surface area contributed by atoms with Crippen LogP contribution in [0.15, 0.2) is 43.0 Å². The van der Waals surface area contributed by atoms with Gasteiger partial charge >= 0.3 is 5.97 Å². The summed E-state index contributed by atoms with van der Waals surface area (Å²) in [6, 6.07) is 7.80. The average molecular weight is 513 g/mol. The molecule has 37 heavy (non-hydrogen) atoms. The van der Waals surface area contributed by atoms with Crippen molar-refractivity contribution in [3.05, 3.63) is 48.6 Å². The molecule has 3 fully saturated rings. The van der Waals surface area contributed by atoms with Crippen LogP contribution in [-0.4, -0.2) is 81.8 Å². The monoisotopic (exact) mass is 512 g/mol. The van der Waals surface area contributed by atoms with Gasteiger partial charge in [-0.25, -0.2) is 0 Å². The van der Waals surface area contributed by atoms with E-state index >= 15 is 0 Å². The molecule has 3 unspecified atom stereocenters. The number of fused-ring (bicyclic) bond motifs is 1. The summed E-state index contributed by atoms with van der Waals surface area (Å²) in [5.41, 5.74) is -1.17. The van der Waals surface area contributed by atoms with Crippen molar-refractivity contribution in [2.45, 2.75) is 76.8 Å². The lowest BCUT2D eigenvalue weighted by Crippen LogP contribution is -2.60. The van der Waals surface area contributed by atoms with Crippen molar-refractivity contribution in [3.8, 4) is 0 Å². The maximum absolute atomic E-state index is 14.4. The lowest BCUT2D eigenvalue weighted by molar-refractivity contribution is -0.163. The van der Waals surface area contributed by atoms with Gasteiger partial charge in [0, 0.05) is 12.6 Å². The van der Waals surface area contributed by atoms with Crippen molar-refractivity contribution in [1.82, 2.24) is 9.80 Å². The molecule has 3 aliphatic rings. The van der Waals surface area contributed by atoms with Crippen LogP contribution in [0.25, 0.3) is 0 Å². The third-order valence-electron chi connectivity index (χ3n) is 8.68. The molecule has 0 aromatic heterocycles. The number of nitrogens with zero attached hydrogens (tertiary/aromatic N) is 2. The second kappa shape index (κ2) is 10.2. The minimum atomic E-state index is -1.18. The van der Waals surface area contributed by atoms with Gasteiger partial charge in [0.2, 0.25) is 11.8 Å². The molecule has 1 aromatic rings.